The largest absolute Gasteiger partial charge is 0.381 e. The Morgan fingerprint density at radius 2 is 1.92 bits per heavy atom. The van der Waals surface area contributed by atoms with Crippen LogP contribution in [0.1, 0.15) is 24.8 Å². The van der Waals surface area contributed by atoms with Crippen LogP contribution < -0.4 is 5.32 Å². The van der Waals surface area contributed by atoms with Crippen LogP contribution in [0.5, 0.6) is 0 Å². The SMILES string of the molecule is CN=C(NCCc1ccc(S(C)(=O)=O)cc1)N(C)CCC1CCOCC1. The fraction of sp³-hybridized carbons (Fsp3) is 0.632. The van der Waals surface area contributed by atoms with Crippen LogP contribution in [0.25, 0.3) is 0 Å². The topological polar surface area (TPSA) is 71.0 Å². The monoisotopic (exact) mass is 381 g/mol. The van der Waals surface area contributed by atoms with Gasteiger partial charge in [-0.25, -0.2) is 8.42 Å². The van der Waals surface area contributed by atoms with Crippen molar-refractivity contribution in [2.24, 2.45) is 10.9 Å². The van der Waals surface area contributed by atoms with Gasteiger partial charge in [-0.15, -0.1) is 0 Å². The summed E-state index contributed by atoms with van der Waals surface area (Å²) in [4.78, 5) is 6.88. The van der Waals surface area contributed by atoms with Gasteiger partial charge < -0.3 is 15.0 Å². The molecule has 6 nitrogen and oxygen atoms in total. The highest BCUT2D eigenvalue weighted by atomic mass is 32.2. The van der Waals surface area contributed by atoms with Crippen molar-refractivity contribution in [2.75, 3.05) is 46.7 Å². The van der Waals surface area contributed by atoms with Crippen molar-refractivity contribution in [1.29, 1.82) is 0 Å². The lowest BCUT2D eigenvalue weighted by molar-refractivity contribution is 0.0625. The molecule has 0 spiro atoms. The Bertz CT molecular complexity index is 680. The number of nitrogens with zero attached hydrogens (tertiary/aromatic N) is 2. The molecule has 0 aromatic heterocycles. The number of benzene rings is 1. The van der Waals surface area contributed by atoms with Gasteiger partial charge in [0.15, 0.2) is 15.8 Å². The van der Waals surface area contributed by atoms with E-state index >= 15 is 0 Å². The van der Waals surface area contributed by atoms with Gasteiger partial charge in [0.1, 0.15) is 0 Å². The van der Waals surface area contributed by atoms with Gasteiger partial charge in [0.2, 0.25) is 0 Å². The Kier molecular flexibility index (Phi) is 7.90. The number of aliphatic imine (C=N–C) groups is 1. The molecule has 1 N–H and O–H groups in total. The first kappa shape index (κ1) is 20.7. The van der Waals surface area contributed by atoms with Crippen LogP contribution in [-0.4, -0.2) is 65.9 Å². The standard InChI is InChI=1S/C19H31N3O3S/c1-20-19(22(2)13-9-17-10-14-25-15-11-17)21-12-8-16-4-6-18(7-5-16)26(3,23)24/h4-7,17H,8-15H2,1-3H3,(H,20,21). The molecule has 0 amide bonds. The minimum absolute atomic E-state index is 0.359. The fourth-order valence-corrected chi connectivity index (χ4v) is 3.75. The zero-order valence-corrected chi connectivity index (χ0v) is 16.9. The highest BCUT2D eigenvalue weighted by Gasteiger charge is 2.15. The van der Waals surface area contributed by atoms with E-state index in [-0.39, 0.29) is 0 Å². The summed E-state index contributed by atoms with van der Waals surface area (Å²) in [6, 6.07) is 7.07. The minimum atomic E-state index is -3.13. The third-order valence-corrected chi connectivity index (χ3v) is 5.96. The molecule has 2 rings (SSSR count). The van der Waals surface area contributed by atoms with Crippen molar-refractivity contribution >= 4 is 15.8 Å². The summed E-state index contributed by atoms with van der Waals surface area (Å²) in [6.45, 7) is 3.51. The Labute approximate surface area is 157 Å². The molecule has 0 saturated carbocycles. The predicted octanol–water partition coefficient (Wildman–Crippen LogP) is 1.96. The number of hydrogen-bond acceptors (Lipinski definition) is 4. The third-order valence-electron chi connectivity index (χ3n) is 4.84. The zero-order chi connectivity index (χ0) is 19.0. The van der Waals surface area contributed by atoms with Crippen LogP contribution in [0.15, 0.2) is 34.2 Å². The number of hydrogen-bond donors (Lipinski definition) is 1. The van der Waals surface area contributed by atoms with Crippen molar-refractivity contribution in [1.82, 2.24) is 10.2 Å². The number of nitrogens with one attached hydrogen (secondary N) is 1. The van der Waals surface area contributed by atoms with Gasteiger partial charge in [0.05, 0.1) is 4.90 Å². The van der Waals surface area contributed by atoms with E-state index in [1.807, 2.05) is 12.1 Å². The number of sulfone groups is 1. The summed E-state index contributed by atoms with van der Waals surface area (Å²) in [5.74, 6) is 1.64. The normalized spacial score (nSPS) is 16.5. The molecule has 0 unspecified atom stereocenters. The smallest absolute Gasteiger partial charge is 0.193 e. The molecule has 146 valence electrons. The summed E-state index contributed by atoms with van der Waals surface area (Å²) in [6.07, 6.45) is 5.51. The molecular weight excluding hydrogens is 350 g/mol. The molecule has 0 radical (unpaired) electrons. The van der Waals surface area contributed by atoms with Crippen molar-refractivity contribution in [3.05, 3.63) is 29.8 Å². The Morgan fingerprint density at radius 1 is 1.27 bits per heavy atom. The maximum Gasteiger partial charge on any atom is 0.193 e. The molecule has 1 aromatic carbocycles. The molecule has 7 heteroatoms. The van der Waals surface area contributed by atoms with Crippen LogP contribution in [0, 0.1) is 5.92 Å². The van der Waals surface area contributed by atoms with Crippen LogP contribution in [0.3, 0.4) is 0 Å². The molecule has 1 heterocycles. The Balaban J connectivity index is 1.75. The quantitative estimate of drug-likeness (QED) is 0.577. The van der Waals surface area contributed by atoms with Gasteiger partial charge >= 0.3 is 0 Å². The van der Waals surface area contributed by atoms with Crippen LogP contribution in [-0.2, 0) is 21.0 Å². The number of guanidine groups is 1. The van der Waals surface area contributed by atoms with Crippen molar-refractivity contribution < 1.29 is 13.2 Å². The van der Waals surface area contributed by atoms with E-state index in [0.29, 0.717) is 4.90 Å². The fourth-order valence-electron chi connectivity index (χ4n) is 3.12. The maximum atomic E-state index is 11.5. The molecule has 0 aliphatic carbocycles. The van der Waals surface area contributed by atoms with Gasteiger partial charge in [0.25, 0.3) is 0 Å². The lowest BCUT2D eigenvalue weighted by Crippen LogP contribution is -2.40. The predicted molar refractivity (Wildman–Crippen MR) is 105 cm³/mol. The molecule has 1 fully saturated rings. The first-order valence-electron chi connectivity index (χ1n) is 9.18. The highest BCUT2D eigenvalue weighted by molar-refractivity contribution is 7.90. The Hall–Kier alpha value is -1.60. The van der Waals surface area contributed by atoms with Gasteiger partial charge in [-0.05, 0) is 49.3 Å². The van der Waals surface area contributed by atoms with Crippen molar-refractivity contribution in [3.63, 3.8) is 0 Å². The molecule has 1 aliphatic rings. The minimum Gasteiger partial charge on any atom is -0.381 e. The second-order valence-electron chi connectivity index (χ2n) is 6.91. The second kappa shape index (κ2) is 9.92. The summed E-state index contributed by atoms with van der Waals surface area (Å²) < 4.78 is 28.4. The lowest BCUT2D eigenvalue weighted by Gasteiger charge is -2.26. The molecular formula is C19H31N3O3S. The van der Waals surface area contributed by atoms with E-state index in [9.17, 15) is 8.42 Å². The lowest BCUT2D eigenvalue weighted by atomic mass is 9.96. The average Bonchev–Trinajstić information content (AvgIpc) is 2.64. The summed E-state index contributed by atoms with van der Waals surface area (Å²) in [5.41, 5.74) is 1.10. The van der Waals surface area contributed by atoms with Crippen LogP contribution in [0.4, 0.5) is 0 Å². The van der Waals surface area contributed by atoms with E-state index in [0.717, 1.165) is 69.4 Å². The molecule has 26 heavy (non-hydrogen) atoms. The van der Waals surface area contributed by atoms with Gasteiger partial charge in [-0.3, -0.25) is 4.99 Å². The first-order valence-corrected chi connectivity index (χ1v) is 11.1. The number of ether oxygens (including phenoxy) is 1. The summed E-state index contributed by atoms with van der Waals surface area (Å²) >= 11 is 0. The van der Waals surface area contributed by atoms with Crippen molar-refractivity contribution in [3.8, 4) is 0 Å². The number of rotatable bonds is 7. The van der Waals surface area contributed by atoms with E-state index in [4.69, 9.17) is 4.74 Å². The molecule has 0 bridgehead atoms. The summed E-state index contributed by atoms with van der Waals surface area (Å²) in [5, 5.41) is 3.38. The van der Waals surface area contributed by atoms with E-state index in [1.165, 1.54) is 6.26 Å². The van der Waals surface area contributed by atoms with E-state index in [1.54, 1.807) is 19.2 Å². The van der Waals surface area contributed by atoms with Crippen LogP contribution >= 0.6 is 0 Å². The maximum absolute atomic E-state index is 11.5. The van der Waals surface area contributed by atoms with Gasteiger partial charge in [-0.2, -0.15) is 0 Å². The third kappa shape index (κ3) is 6.61. The van der Waals surface area contributed by atoms with E-state index in [2.05, 4.69) is 22.3 Å². The molecule has 1 saturated heterocycles. The molecule has 1 aromatic rings. The zero-order valence-electron chi connectivity index (χ0n) is 16.1. The van der Waals surface area contributed by atoms with Crippen molar-refractivity contribution in [2.45, 2.75) is 30.6 Å². The van der Waals surface area contributed by atoms with Gasteiger partial charge in [0, 0.05) is 46.7 Å². The Morgan fingerprint density at radius 3 is 2.50 bits per heavy atom. The highest BCUT2D eigenvalue weighted by Crippen LogP contribution is 2.18. The van der Waals surface area contributed by atoms with Gasteiger partial charge in [-0.1, -0.05) is 12.1 Å². The first-order chi connectivity index (χ1) is 12.4. The van der Waals surface area contributed by atoms with E-state index < -0.39 is 9.84 Å². The average molecular weight is 382 g/mol. The summed E-state index contributed by atoms with van der Waals surface area (Å²) in [7, 11) is 0.731. The van der Waals surface area contributed by atoms with Crippen LogP contribution in [0.2, 0.25) is 0 Å². The molecule has 1 aliphatic heterocycles. The molecule has 0 atom stereocenters. The second-order valence-corrected chi connectivity index (χ2v) is 8.92.